The summed E-state index contributed by atoms with van der Waals surface area (Å²) in [5.41, 5.74) is 4.70. The van der Waals surface area contributed by atoms with Crippen LogP contribution in [-0.2, 0) is 9.59 Å². The summed E-state index contributed by atoms with van der Waals surface area (Å²) in [6, 6.07) is 0.881. The Hall–Kier alpha value is -2.02. The molecule has 1 aromatic rings. The number of phenolic OH excluding ortho intramolecular Hbond substituents is 1. The lowest BCUT2D eigenvalue weighted by molar-refractivity contribution is -0.119. The number of nitrogens with one attached hydrogen (secondary N) is 1. The average Bonchev–Trinajstić information content (AvgIpc) is 2.36. The Kier molecular flexibility index (Phi) is 4.94. The van der Waals surface area contributed by atoms with Gasteiger partial charge in [0.1, 0.15) is 17.3 Å². The van der Waals surface area contributed by atoms with Crippen LogP contribution >= 0.6 is 0 Å². The van der Waals surface area contributed by atoms with Crippen molar-refractivity contribution < 1.29 is 23.5 Å². The molecule has 19 heavy (non-hydrogen) atoms. The number of phenols is 1. The van der Waals surface area contributed by atoms with Crippen molar-refractivity contribution in [2.45, 2.75) is 25.8 Å². The van der Waals surface area contributed by atoms with Gasteiger partial charge in [0.2, 0.25) is 5.91 Å². The molecule has 0 spiro atoms. The van der Waals surface area contributed by atoms with Crippen LogP contribution in [0.1, 0.15) is 19.8 Å². The largest absolute Gasteiger partial charge is 0.505 e. The number of carbonyl (C=O) groups excluding carboxylic acids is 2. The van der Waals surface area contributed by atoms with Gasteiger partial charge in [-0.2, -0.15) is 0 Å². The van der Waals surface area contributed by atoms with Gasteiger partial charge in [-0.05, 0) is 25.5 Å². The molecule has 0 saturated heterocycles. The van der Waals surface area contributed by atoms with E-state index in [9.17, 15) is 18.4 Å². The number of hydrogen-bond acceptors (Lipinski definition) is 4. The second kappa shape index (κ2) is 6.24. The van der Waals surface area contributed by atoms with Crippen molar-refractivity contribution in [2.24, 2.45) is 5.73 Å². The molecule has 1 atom stereocenters. The van der Waals surface area contributed by atoms with Crippen LogP contribution in [0.25, 0.3) is 0 Å². The fourth-order valence-corrected chi connectivity index (χ4v) is 1.35. The molecule has 0 saturated carbocycles. The standard InChI is InChI=1S/C12H14F2N2O3/c1-6(17)8(15)3-5-10(19)16-12-7(13)2-4-9(18)11(12)14/h2,4,8,18H,3,5,15H2,1H3,(H,16,19)/t8-/m0/s1. The Labute approximate surface area is 108 Å². The fourth-order valence-electron chi connectivity index (χ4n) is 1.35. The van der Waals surface area contributed by atoms with Crippen molar-refractivity contribution in [3.8, 4) is 5.75 Å². The van der Waals surface area contributed by atoms with E-state index in [1.807, 2.05) is 5.32 Å². The summed E-state index contributed by atoms with van der Waals surface area (Å²) in [5.74, 6) is -3.98. The molecule has 1 amide bonds. The van der Waals surface area contributed by atoms with E-state index in [4.69, 9.17) is 10.8 Å². The van der Waals surface area contributed by atoms with Crippen molar-refractivity contribution in [3.05, 3.63) is 23.8 Å². The molecule has 0 aliphatic heterocycles. The van der Waals surface area contributed by atoms with Gasteiger partial charge in [-0.1, -0.05) is 0 Å². The molecule has 0 unspecified atom stereocenters. The van der Waals surface area contributed by atoms with Gasteiger partial charge in [0, 0.05) is 6.42 Å². The molecular weight excluding hydrogens is 258 g/mol. The number of amides is 1. The Balaban J connectivity index is 2.68. The number of benzene rings is 1. The number of nitrogens with two attached hydrogens (primary N) is 1. The zero-order chi connectivity index (χ0) is 14.6. The van der Waals surface area contributed by atoms with Crippen LogP contribution in [0.4, 0.5) is 14.5 Å². The number of rotatable bonds is 5. The van der Waals surface area contributed by atoms with Crippen LogP contribution in [0.5, 0.6) is 5.75 Å². The molecule has 0 aliphatic rings. The minimum atomic E-state index is -1.25. The van der Waals surface area contributed by atoms with Crippen molar-refractivity contribution >= 4 is 17.4 Å². The molecule has 0 heterocycles. The SMILES string of the molecule is CC(=O)[C@@H](N)CCC(=O)Nc1c(F)ccc(O)c1F. The first-order valence-electron chi connectivity index (χ1n) is 5.55. The molecule has 1 aromatic carbocycles. The van der Waals surface area contributed by atoms with Crippen molar-refractivity contribution in [1.29, 1.82) is 0 Å². The maximum Gasteiger partial charge on any atom is 0.224 e. The van der Waals surface area contributed by atoms with E-state index in [0.717, 1.165) is 12.1 Å². The third kappa shape index (κ3) is 3.99. The molecule has 1 rings (SSSR count). The van der Waals surface area contributed by atoms with Gasteiger partial charge in [0.25, 0.3) is 0 Å². The third-order valence-electron chi connectivity index (χ3n) is 2.54. The van der Waals surface area contributed by atoms with Crippen molar-refractivity contribution in [1.82, 2.24) is 0 Å². The number of ketones is 1. The van der Waals surface area contributed by atoms with Crippen LogP contribution in [0, 0.1) is 11.6 Å². The fraction of sp³-hybridized carbons (Fsp3) is 0.333. The molecule has 104 valence electrons. The first-order chi connectivity index (χ1) is 8.82. The second-order valence-corrected chi connectivity index (χ2v) is 4.06. The lowest BCUT2D eigenvalue weighted by Crippen LogP contribution is -2.29. The van der Waals surface area contributed by atoms with E-state index in [-0.39, 0.29) is 18.6 Å². The average molecular weight is 272 g/mol. The van der Waals surface area contributed by atoms with E-state index in [1.165, 1.54) is 6.92 Å². The van der Waals surface area contributed by atoms with E-state index >= 15 is 0 Å². The number of anilines is 1. The minimum Gasteiger partial charge on any atom is -0.505 e. The zero-order valence-corrected chi connectivity index (χ0v) is 10.2. The summed E-state index contributed by atoms with van der Waals surface area (Å²) in [7, 11) is 0. The Bertz CT molecular complexity index is 506. The molecule has 7 heteroatoms. The molecule has 0 aliphatic carbocycles. The molecular formula is C12H14F2N2O3. The van der Waals surface area contributed by atoms with E-state index in [0.29, 0.717) is 0 Å². The van der Waals surface area contributed by atoms with Gasteiger partial charge >= 0.3 is 0 Å². The molecule has 0 fully saturated rings. The maximum atomic E-state index is 13.4. The predicted octanol–water partition coefficient (Wildman–Crippen LogP) is 1.31. The first kappa shape index (κ1) is 15.0. The summed E-state index contributed by atoms with van der Waals surface area (Å²) >= 11 is 0. The molecule has 0 bridgehead atoms. The van der Waals surface area contributed by atoms with Gasteiger partial charge in [0.15, 0.2) is 11.6 Å². The van der Waals surface area contributed by atoms with Crippen LogP contribution in [0.2, 0.25) is 0 Å². The van der Waals surface area contributed by atoms with Crippen molar-refractivity contribution in [3.63, 3.8) is 0 Å². The van der Waals surface area contributed by atoms with E-state index in [2.05, 4.69) is 0 Å². The highest BCUT2D eigenvalue weighted by molar-refractivity contribution is 5.91. The Morgan fingerprint density at radius 3 is 2.63 bits per heavy atom. The van der Waals surface area contributed by atoms with Crippen LogP contribution in [0.3, 0.4) is 0 Å². The highest BCUT2D eigenvalue weighted by Gasteiger charge is 2.17. The van der Waals surface area contributed by atoms with Gasteiger partial charge in [-0.15, -0.1) is 0 Å². The number of Topliss-reactive ketones (excluding diaryl/α,β-unsaturated/α-hetero) is 1. The second-order valence-electron chi connectivity index (χ2n) is 4.06. The summed E-state index contributed by atoms with van der Waals surface area (Å²) in [6.07, 6.45) is -0.0848. The third-order valence-corrected chi connectivity index (χ3v) is 2.54. The van der Waals surface area contributed by atoms with Crippen LogP contribution in [0.15, 0.2) is 12.1 Å². The number of carbonyl (C=O) groups is 2. The van der Waals surface area contributed by atoms with E-state index in [1.54, 1.807) is 0 Å². The molecule has 0 aromatic heterocycles. The minimum absolute atomic E-state index is 0.0726. The Morgan fingerprint density at radius 2 is 2.05 bits per heavy atom. The van der Waals surface area contributed by atoms with Gasteiger partial charge in [-0.25, -0.2) is 8.78 Å². The quantitative estimate of drug-likeness (QED) is 0.753. The van der Waals surface area contributed by atoms with E-state index < -0.39 is 35.0 Å². The normalized spacial score (nSPS) is 12.0. The molecule has 4 N–H and O–H groups in total. The highest BCUT2D eigenvalue weighted by atomic mass is 19.1. The van der Waals surface area contributed by atoms with Crippen molar-refractivity contribution in [2.75, 3.05) is 5.32 Å². The topological polar surface area (TPSA) is 92.4 Å². The smallest absolute Gasteiger partial charge is 0.224 e. The summed E-state index contributed by atoms with van der Waals surface area (Å²) in [6.45, 7) is 1.29. The van der Waals surface area contributed by atoms with Crippen LogP contribution < -0.4 is 11.1 Å². The lowest BCUT2D eigenvalue weighted by Gasteiger charge is -2.10. The molecule has 0 radical (unpaired) electrons. The summed E-state index contributed by atoms with van der Waals surface area (Å²) in [5, 5.41) is 11.1. The molecule has 5 nitrogen and oxygen atoms in total. The lowest BCUT2D eigenvalue weighted by atomic mass is 10.1. The van der Waals surface area contributed by atoms with Gasteiger partial charge < -0.3 is 16.2 Å². The predicted molar refractivity (Wildman–Crippen MR) is 64.5 cm³/mol. The number of hydrogen-bond donors (Lipinski definition) is 3. The van der Waals surface area contributed by atoms with Gasteiger partial charge in [0.05, 0.1) is 6.04 Å². The first-order valence-corrected chi connectivity index (χ1v) is 5.55. The maximum absolute atomic E-state index is 13.4. The summed E-state index contributed by atoms with van der Waals surface area (Å²) in [4.78, 5) is 22.3. The van der Waals surface area contributed by atoms with Crippen LogP contribution in [-0.4, -0.2) is 22.8 Å². The highest BCUT2D eigenvalue weighted by Crippen LogP contribution is 2.26. The Morgan fingerprint density at radius 1 is 1.42 bits per heavy atom. The number of aromatic hydroxyl groups is 1. The number of halogens is 2. The zero-order valence-electron chi connectivity index (χ0n) is 10.2. The van der Waals surface area contributed by atoms with Gasteiger partial charge in [-0.3, -0.25) is 9.59 Å². The monoisotopic (exact) mass is 272 g/mol. The summed E-state index contributed by atoms with van der Waals surface area (Å²) < 4.78 is 26.6.